The number of hydrogen-bond donors (Lipinski definition) is 0. The van der Waals surface area contributed by atoms with Gasteiger partial charge in [0.1, 0.15) is 5.82 Å². The summed E-state index contributed by atoms with van der Waals surface area (Å²) < 4.78 is 43.5. The molecule has 2 aromatic carbocycles. The molecule has 0 bridgehead atoms. The van der Waals surface area contributed by atoms with Gasteiger partial charge in [0.2, 0.25) is 10.0 Å². The zero-order valence-electron chi connectivity index (χ0n) is 20.9. The van der Waals surface area contributed by atoms with Gasteiger partial charge in [0.05, 0.1) is 40.4 Å². The first kappa shape index (κ1) is 24.3. The summed E-state index contributed by atoms with van der Waals surface area (Å²) in [6.07, 6.45) is 6.32. The van der Waals surface area contributed by atoms with E-state index in [1.165, 1.54) is 25.8 Å². The second-order valence-electron chi connectivity index (χ2n) is 9.43. The van der Waals surface area contributed by atoms with E-state index in [4.69, 9.17) is 0 Å². The monoisotopic (exact) mass is 532 g/mol. The maximum atomic E-state index is 15.5. The van der Waals surface area contributed by atoms with Crippen LogP contribution in [0, 0.1) is 5.82 Å². The van der Waals surface area contributed by atoms with Crippen LogP contribution >= 0.6 is 0 Å². The van der Waals surface area contributed by atoms with Crippen LogP contribution in [0.4, 0.5) is 10.1 Å². The van der Waals surface area contributed by atoms with Crippen molar-refractivity contribution in [2.45, 2.75) is 0 Å². The zero-order chi connectivity index (χ0) is 26.6. The number of aryl methyl sites for hydroxylation is 1. The smallest absolute Gasteiger partial charge is 0.333 e. The van der Waals surface area contributed by atoms with E-state index in [1.807, 2.05) is 35.2 Å². The largest absolute Gasteiger partial charge is 0.367 e. The molecule has 38 heavy (non-hydrogen) atoms. The van der Waals surface area contributed by atoms with Crippen molar-refractivity contribution >= 4 is 37.6 Å². The normalized spacial score (nSPS) is 15.0. The summed E-state index contributed by atoms with van der Waals surface area (Å²) in [5, 5.41) is 0.767. The molecule has 0 unspecified atom stereocenters. The number of rotatable bonds is 4. The number of pyridine rings is 2. The van der Waals surface area contributed by atoms with Gasteiger partial charge < -0.3 is 4.90 Å². The molecule has 4 heterocycles. The molecular weight excluding hydrogens is 507 g/mol. The average molecular weight is 533 g/mol. The highest BCUT2D eigenvalue weighted by Gasteiger charge is 2.25. The molecule has 6 rings (SSSR count). The molecule has 0 aliphatic carbocycles. The molecule has 0 radical (unpaired) electrons. The zero-order valence-corrected chi connectivity index (χ0v) is 21.7. The van der Waals surface area contributed by atoms with Gasteiger partial charge in [-0.1, -0.05) is 12.1 Å². The van der Waals surface area contributed by atoms with Crippen LogP contribution in [0.25, 0.3) is 38.8 Å². The van der Waals surface area contributed by atoms with Crippen LogP contribution in [-0.4, -0.2) is 64.3 Å². The van der Waals surface area contributed by atoms with Crippen molar-refractivity contribution in [3.05, 3.63) is 83.4 Å². The molecule has 0 amide bonds. The fourth-order valence-electron chi connectivity index (χ4n) is 5.10. The lowest BCUT2D eigenvalue weighted by Crippen LogP contribution is -2.48. The highest BCUT2D eigenvalue weighted by Crippen LogP contribution is 2.31. The lowest BCUT2D eigenvalue weighted by atomic mass is 10.0. The van der Waals surface area contributed by atoms with Crippen molar-refractivity contribution in [2.75, 3.05) is 37.3 Å². The first-order valence-corrected chi connectivity index (χ1v) is 14.0. The summed E-state index contributed by atoms with van der Waals surface area (Å²) in [6, 6.07) is 14.4. The van der Waals surface area contributed by atoms with Crippen molar-refractivity contribution in [1.29, 1.82) is 0 Å². The van der Waals surface area contributed by atoms with E-state index in [-0.39, 0.29) is 5.69 Å². The number of benzene rings is 2. The van der Waals surface area contributed by atoms with Gasteiger partial charge in [-0.2, -0.15) is 4.31 Å². The molecule has 1 aliphatic rings. The summed E-state index contributed by atoms with van der Waals surface area (Å²) in [4.78, 5) is 24.0. The van der Waals surface area contributed by atoms with E-state index in [9.17, 15) is 13.2 Å². The van der Waals surface area contributed by atoms with Gasteiger partial charge in [-0.25, -0.2) is 17.6 Å². The number of fused-ring (bicyclic) bond motifs is 3. The number of nitrogens with zero attached hydrogens (tertiary/aromatic N) is 6. The van der Waals surface area contributed by atoms with E-state index in [0.717, 1.165) is 16.5 Å². The summed E-state index contributed by atoms with van der Waals surface area (Å²) >= 11 is 0. The van der Waals surface area contributed by atoms with Crippen molar-refractivity contribution < 1.29 is 12.8 Å². The number of aromatic nitrogens is 4. The molecular formula is C27H25FN6O3S. The third-order valence-corrected chi connectivity index (χ3v) is 8.42. The lowest BCUT2D eigenvalue weighted by Gasteiger charge is -2.34. The molecule has 9 nitrogen and oxygen atoms in total. The molecule has 194 valence electrons. The Bertz CT molecular complexity index is 1860. The first-order chi connectivity index (χ1) is 18.2. The second kappa shape index (κ2) is 9.03. The molecule has 3 aromatic heterocycles. The minimum Gasteiger partial charge on any atom is -0.367 e. The summed E-state index contributed by atoms with van der Waals surface area (Å²) in [5.41, 5.74) is 4.31. The Hall–Kier alpha value is -4.09. The predicted molar refractivity (Wildman–Crippen MR) is 146 cm³/mol. The molecule has 0 N–H and O–H groups in total. The van der Waals surface area contributed by atoms with Gasteiger partial charge in [-0.15, -0.1) is 0 Å². The van der Waals surface area contributed by atoms with Gasteiger partial charge in [0, 0.05) is 62.6 Å². The molecule has 0 spiro atoms. The maximum absolute atomic E-state index is 15.5. The Morgan fingerprint density at radius 3 is 2.42 bits per heavy atom. The van der Waals surface area contributed by atoms with Gasteiger partial charge in [-0.3, -0.25) is 19.1 Å². The van der Waals surface area contributed by atoms with Crippen LogP contribution in [0.1, 0.15) is 0 Å². The van der Waals surface area contributed by atoms with E-state index in [1.54, 1.807) is 37.8 Å². The summed E-state index contributed by atoms with van der Waals surface area (Å²) in [5.74, 6) is -0.478. The van der Waals surface area contributed by atoms with Crippen LogP contribution in [0.2, 0.25) is 0 Å². The minimum atomic E-state index is -3.28. The van der Waals surface area contributed by atoms with Crippen molar-refractivity contribution in [1.82, 2.24) is 23.4 Å². The Labute approximate surface area is 218 Å². The van der Waals surface area contributed by atoms with E-state index < -0.39 is 15.8 Å². The first-order valence-electron chi connectivity index (χ1n) is 12.1. The highest BCUT2D eigenvalue weighted by molar-refractivity contribution is 7.88. The van der Waals surface area contributed by atoms with Gasteiger partial charge in [0.15, 0.2) is 0 Å². The van der Waals surface area contributed by atoms with E-state index in [2.05, 4.69) is 9.97 Å². The van der Waals surface area contributed by atoms with Crippen molar-refractivity contribution in [2.24, 2.45) is 7.05 Å². The number of piperazine rings is 1. The number of halogens is 1. The van der Waals surface area contributed by atoms with Crippen molar-refractivity contribution in [3.63, 3.8) is 0 Å². The lowest BCUT2D eigenvalue weighted by molar-refractivity contribution is 0.386. The number of imidazole rings is 1. The Morgan fingerprint density at radius 1 is 0.947 bits per heavy atom. The van der Waals surface area contributed by atoms with Crippen LogP contribution in [0.5, 0.6) is 0 Å². The molecule has 0 atom stereocenters. The Kier molecular flexibility index (Phi) is 5.77. The maximum Gasteiger partial charge on any atom is 0.333 e. The van der Waals surface area contributed by atoms with Crippen LogP contribution < -0.4 is 10.6 Å². The SMILES string of the molecule is Cn1c(=O)n(-c2ccc(N3CCN(S(C)(=O)=O)CC3)c(F)c2)c2c3cc(-c4cccnc4)ccc3ncc21. The summed E-state index contributed by atoms with van der Waals surface area (Å²) in [7, 11) is -1.61. The van der Waals surface area contributed by atoms with Crippen molar-refractivity contribution in [3.8, 4) is 16.8 Å². The fourth-order valence-corrected chi connectivity index (χ4v) is 5.93. The number of sulfonamides is 1. The fraction of sp³-hybridized carbons (Fsp3) is 0.222. The highest BCUT2D eigenvalue weighted by atomic mass is 32.2. The van der Waals surface area contributed by atoms with Crippen LogP contribution in [0.3, 0.4) is 0 Å². The molecule has 1 aliphatic heterocycles. The molecule has 5 aromatic rings. The van der Waals surface area contributed by atoms with Crippen LogP contribution in [0.15, 0.2) is 71.9 Å². The molecule has 11 heteroatoms. The molecule has 1 fully saturated rings. The second-order valence-corrected chi connectivity index (χ2v) is 11.4. The van der Waals surface area contributed by atoms with Crippen LogP contribution in [-0.2, 0) is 17.1 Å². The third-order valence-electron chi connectivity index (χ3n) is 7.12. The van der Waals surface area contributed by atoms with E-state index >= 15 is 4.39 Å². The topological polar surface area (TPSA) is 93.3 Å². The number of hydrogen-bond acceptors (Lipinski definition) is 6. The standard InChI is InChI=1S/C27H25FN6O3S/c1-31-25-17-30-23-7-5-18(19-4-3-9-29-16-19)14-21(23)26(25)34(27(31)35)20-6-8-24(22(28)15-20)32-10-12-33(13-11-32)38(2,36)37/h3-9,14-17H,10-13H2,1-2H3. The quantitative estimate of drug-likeness (QED) is 0.353. The average Bonchev–Trinajstić information content (AvgIpc) is 3.18. The minimum absolute atomic E-state index is 0.293. The summed E-state index contributed by atoms with van der Waals surface area (Å²) in [6.45, 7) is 1.35. The van der Waals surface area contributed by atoms with Gasteiger partial charge >= 0.3 is 5.69 Å². The predicted octanol–water partition coefficient (Wildman–Crippen LogP) is 3.16. The third kappa shape index (κ3) is 4.04. The van der Waals surface area contributed by atoms with E-state index in [0.29, 0.717) is 54.1 Å². The Morgan fingerprint density at radius 2 is 1.74 bits per heavy atom. The number of anilines is 1. The molecule has 1 saturated heterocycles. The van der Waals surface area contributed by atoms with Gasteiger partial charge in [-0.05, 0) is 35.9 Å². The Balaban J connectivity index is 1.46. The molecule has 0 saturated carbocycles. The van der Waals surface area contributed by atoms with Gasteiger partial charge in [0.25, 0.3) is 0 Å².